The normalized spacial score (nSPS) is 20.2. The first kappa shape index (κ1) is 15.3. The van der Waals surface area contributed by atoms with Gasteiger partial charge in [-0.1, -0.05) is 12.1 Å². The minimum Gasteiger partial charge on any atom is -0.373 e. The lowest BCUT2D eigenvalue weighted by Crippen LogP contribution is -2.30. The number of nitriles is 1. The summed E-state index contributed by atoms with van der Waals surface area (Å²) >= 11 is 0. The number of hydrogen-bond donors (Lipinski definition) is 2. The van der Waals surface area contributed by atoms with E-state index in [1.165, 1.54) is 24.4 Å². The molecule has 0 spiro atoms. The van der Waals surface area contributed by atoms with Crippen LogP contribution in [0.4, 0.5) is 4.39 Å². The Balaban J connectivity index is 1.61. The molecule has 0 unspecified atom stereocenters. The number of nitrogens with zero attached hydrogens (tertiary/aromatic N) is 1. The molecule has 2 heterocycles. The summed E-state index contributed by atoms with van der Waals surface area (Å²) < 4.78 is 18.7. The molecule has 3 rings (SSSR count). The molecule has 2 aromatic rings. The van der Waals surface area contributed by atoms with Crippen molar-refractivity contribution in [3.63, 3.8) is 0 Å². The number of benzene rings is 1. The molecule has 1 saturated heterocycles. The summed E-state index contributed by atoms with van der Waals surface area (Å²) in [5, 5.41) is 11.6. The van der Waals surface area contributed by atoms with Crippen molar-refractivity contribution in [1.82, 2.24) is 10.3 Å². The highest BCUT2D eigenvalue weighted by atomic mass is 19.1. The maximum absolute atomic E-state index is 13.0. The Morgan fingerprint density at radius 2 is 2.22 bits per heavy atom. The van der Waals surface area contributed by atoms with Crippen LogP contribution in [0.5, 0.6) is 0 Å². The van der Waals surface area contributed by atoms with Crippen molar-refractivity contribution < 1.29 is 13.9 Å². The number of aromatic nitrogens is 1. The molecular weight excluding hydrogens is 297 g/mol. The van der Waals surface area contributed by atoms with Crippen molar-refractivity contribution in [3.8, 4) is 6.07 Å². The Labute approximate surface area is 133 Å². The first-order valence-electron chi connectivity index (χ1n) is 7.41. The summed E-state index contributed by atoms with van der Waals surface area (Å²) in [5.41, 5.74) is 1.69. The zero-order chi connectivity index (χ0) is 16.2. The third-order valence-corrected chi connectivity index (χ3v) is 4.00. The Kier molecular flexibility index (Phi) is 4.40. The van der Waals surface area contributed by atoms with Gasteiger partial charge in [-0.05, 0) is 30.2 Å². The molecule has 5 nitrogen and oxygen atoms in total. The van der Waals surface area contributed by atoms with E-state index in [2.05, 4.69) is 10.3 Å². The maximum Gasteiger partial charge on any atom is 0.252 e. The van der Waals surface area contributed by atoms with Gasteiger partial charge in [0.2, 0.25) is 0 Å². The van der Waals surface area contributed by atoms with E-state index in [0.717, 1.165) is 12.0 Å². The number of nitrogens with one attached hydrogen (secondary N) is 2. The fraction of sp³-hybridized carbons (Fsp3) is 0.294. The van der Waals surface area contributed by atoms with E-state index in [0.29, 0.717) is 24.4 Å². The van der Waals surface area contributed by atoms with Gasteiger partial charge >= 0.3 is 0 Å². The third kappa shape index (κ3) is 3.41. The fourth-order valence-electron chi connectivity index (χ4n) is 2.78. The minimum atomic E-state index is -0.280. The van der Waals surface area contributed by atoms with Gasteiger partial charge in [0, 0.05) is 25.3 Å². The highest BCUT2D eigenvalue weighted by Crippen LogP contribution is 2.34. The van der Waals surface area contributed by atoms with E-state index in [4.69, 9.17) is 10.00 Å². The smallest absolute Gasteiger partial charge is 0.252 e. The summed E-state index contributed by atoms with van der Waals surface area (Å²) in [6.07, 6.45) is 2.20. The Bertz CT molecular complexity index is 733. The van der Waals surface area contributed by atoms with Crippen LogP contribution in [-0.2, 0) is 4.74 Å². The average molecular weight is 313 g/mol. The molecule has 1 fully saturated rings. The summed E-state index contributed by atoms with van der Waals surface area (Å²) in [6.45, 7) is 1.08. The van der Waals surface area contributed by atoms with Crippen LogP contribution in [0.1, 0.15) is 34.1 Å². The van der Waals surface area contributed by atoms with Gasteiger partial charge in [-0.2, -0.15) is 5.26 Å². The maximum atomic E-state index is 13.0. The van der Waals surface area contributed by atoms with Gasteiger partial charge in [-0.25, -0.2) is 4.39 Å². The molecule has 23 heavy (non-hydrogen) atoms. The van der Waals surface area contributed by atoms with Crippen LogP contribution in [0.2, 0.25) is 0 Å². The van der Waals surface area contributed by atoms with E-state index in [1.54, 1.807) is 12.1 Å². The Morgan fingerprint density at radius 1 is 1.43 bits per heavy atom. The molecule has 1 amide bonds. The number of H-pyrrole nitrogens is 1. The van der Waals surface area contributed by atoms with Crippen LogP contribution in [0.15, 0.2) is 36.5 Å². The summed E-state index contributed by atoms with van der Waals surface area (Å²) in [6, 6.07) is 9.71. The van der Waals surface area contributed by atoms with E-state index in [1.807, 2.05) is 6.07 Å². The van der Waals surface area contributed by atoms with Crippen molar-refractivity contribution in [2.45, 2.75) is 12.5 Å². The number of rotatable bonds is 4. The molecule has 0 saturated carbocycles. The SMILES string of the molecule is N#Cc1cc(C(=O)NC[C@@H]2CCO[C@H]2c2ccc(F)cc2)c[nH]1. The number of aromatic amines is 1. The molecule has 0 bridgehead atoms. The van der Waals surface area contributed by atoms with Crippen LogP contribution in [0, 0.1) is 23.1 Å². The number of hydrogen-bond acceptors (Lipinski definition) is 3. The van der Waals surface area contributed by atoms with E-state index in [-0.39, 0.29) is 23.7 Å². The van der Waals surface area contributed by atoms with Gasteiger partial charge in [-0.3, -0.25) is 4.79 Å². The largest absolute Gasteiger partial charge is 0.373 e. The van der Waals surface area contributed by atoms with Gasteiger partial charge in [0.1, 0.15) is 17.6 Å². The Morgan fingerprint density at radius 3 is 2.91 bits per heavy atom. The number of carbonyl (C=O) groups is 1. The van der Waals surface area contributed by atoms with Crippen LogP contribution < -0.4 is 5.32 Å². The number of halogens is 1. The van der Waals surface area contributed by atoms with Gasteiger partial charge in [0.25, 0.3) is 5.91 Å². The van der Waals surface area contributed by atoms with Crippen molar-refractivity contribution in [1.29, 1.82) is 5.26 Å². The highest BCUT2D eigenvalue weighted by molar-refractivity contribution is 5.94. The summed E-state index contributed by atoms with van der Waals surface area (Å²) in [7, 11) is 0. The quantitative estimate of drug-likeness (QED) is 0.910. The molecule has 118 valence electrons. The molecule has 1 aromatic heterocycles. The minimum absolute atomic E-state index is 0.138. The third-order valence-electron chi connectivity index (χ3n) is 4.00. The second-order valence-corrected chi connectivity index (χ2v) is 5.52. The molecular formula is C17H16FN3O2. The van der Waals surface area contributed by atoms with Crippen molar-refractivity contribution >= 4 is 5.91 Å². The Hall–Kier alpha value is -2.65. The average Bonchev–Trinajstić information content (AvgIpc) is 3.22. The zero-order valence-corrected chi connectivity index (χ0v) is 12.4. The summed E-state index contributed by atoms with van der Waals surface area (Å²) in [4.78, 5) is 14.8. The molecule has 6 heteroatoms. The number of ether oxygens (including phenoxy) is 1. The zero-order valence-electron chi connectivity index (χ0n) is 12.4. The van der Waals surface area contributed by atoms with Crippen LogP contribution in [-0.4, -0.2) is 24.0 Å². The van der Waals surface area contributed by atoms with Crippen LogP contribution in [0.25, 0.3) is 0 Å². The molecule has 1 aliphatic rings. The van der Waals surface area contributed by atoms with Crippen molar-refractivity contribution in [2.24, 2.45) is 5.92 Å². The first-order chi connectivity index (χ1) is 11.2. The van der Waals surface area contributed by atoms with E-state index < -0.39 is 0 Å². The first-order valence-corrected chi connectivity index (χ1v) is 7.41. The van der Waals surface area contributed by atoms with E-state index in [9.17, 15) is 9.18 Å². The van der Waals surface area contributed by atoms with Gasteiger partial charge < -0.3 is 15.0 Å². The highest BCUT2D eigenvalue weighted by Gasteiger charge is 2.30. The van der Waals surface area contributed by atoms with Crippen molar-refractivity contribution in [2.75, 3.05) is 13.2 Å². The lowest BCUT2D eigenvalue weighted by atomic mass is 9.95. The van der Waals surface area contributed by atoms with Gasteiger partial charge in [0.05, 0.1) is 11.7 Å². The molecule has 0 radical (unpaired) electrons. The number of carbonyl (C=O) groups excluding carboxylic acids is 1. The standard InChI is InChI=1S/C17H16FN3O2/c18-14-3-1-11(2-4-14)16-12(5-6-23-16)9-21-17(22)13-7-15(8-19)20-10-13/h1-4,7,10,12,16,20H,5-6,9H2,(H,21,22)/t12-,16-/m0/s1. The number of amides is 1. The predicted octanol–water partition coefficient (Wildman–Crippen LogP) is 2.53. The predicted molar refractivity (Wildman–Crippen MR) is 81.0 cm³/mol. The second-order valence-electron chi connectivity index (χ2n) is 5.52. The fourth-order valence-corrected chi connectivity index (χ4v) is 2.78. The molecule has 0 aliphatic carbocycles. The van der Waals surface area contributed by atoms with E-state index >= 15 is 0 Å². The lowest BCUT2D eigenvalue weighted by molar-refractivity contribution is 0.0846. The monoisotopic (exact) mass is 313 g/mol. The molecule has 2 N–H and O–H groups in total. The molecule has 1 aromatic carbocycles. The topological polar surface area (TPSA) is 77.9 Å². The second kappa shape index (κ2) is 6.63. The molecule has 1 aliphatic heterocycles. The van der Waals surface area contributed by atoms with Gasteiger partial charge in [0.15, 0.2) is 0 Å². The molecule has 2 atom stereocenters. The van der Waals surface area contributed by atoms with Crippen molar-refractivity contribution in [3.05, 3.63) is 59.2 Å². The summed E-state index contributed by atoms with van der Waals surface area (Å²) in [5.74, 6) is -0.372. The van der Waals surface area contributed by atoms with Crippen LogP contribution >= 0.6 is 0 Å². The van der Waals surface area contributed by atoms with Crippen LogP contribution in [0.3, 0.4) is 0 Å². The lowest BCUT2D eigenvalue weighted by Gasteiger charge is -2.19. The van der Waals surface area contributed by atoms with Gasteiger partial charge in [-0.15, -0.1) is 0 Å².